The summed E-state index contributed by atoms with van der Waals surface area (Å²) in [7, 11) is 0. The van der Waals surface area contributed by atoms with Crippen molar-refractivity contribution in [1.82, 2.24) is 0 Å². The van der Waals surface area contributed by atoms with E-state index in [1.165, 1.54) is 24.3 Å². The van der Waals surface area contributed by atoms with E-state index in [1.54, 1.807) is 0 Å². The number of aliphatic hydroxyl groups excluding tert-OH is 4. The molecule has 2 heterocycles. The van der Waals surface area contributed by atoms with E-state index in [9.17, 15) is 40.5 Å². The predicted molar refractivity (Wildman–Crippen MR) is 107 cm³/mol. The fourth-order valence-corrected chi connectivity index (χ4v) is 3.44. The molecule has 11 heteroatoms. The number of aliphatic hydroxyl groups is 4. The molecule has 3 aromatic rings. The second-order valence-electron chi connectivity index (χ2n) is 7.28. The second-order valence-corrected chi connectivity index (χ2v) is 7.28. The van der Waals surface area contributed by atoms with E-state index in [-0.39, 0.29) is 22.5 Å². The Morgan fingerprint density at radius 1 is 0.906 bits per heavy atom. The Morgan fingerprint density at radius 3 is 2.25 bits per heavy atom. The molecule has 0 bridgehead atoms. The summed E-state index contributed by atoms with van der Waals surface area (Å²) in [6.07, 6.45) is -8.10. The van der Waals surface area contributed by atoms with Gasteiger partial charge in [-0.05, 0) is 24.3 Å². The maximum Gasteiger partial charge on any atom is 0.229 e. The minimum Gasteiger partial charge on any atom is -0.508 e. The van der Waals surface area contributed by atoms with Crippen molar-refractivity contribution in [2.75, 3.05) is 6.61 Å². The van der Waals surface area contributed by atoms with Gasteiger partial charge in [0.25, 0.3) is 0 Å². The van der Waals surface area contributed by atoms with Crippen molar-refractivity contribution in [3.05, 3.63) is 46.6 Å². The summed E-state index contributed by atoms with van der Waals surface area (Å²) < 4.78 is 16.5. The van der Waals surface area contributed by atoms with E-state index in [0.29, 0.717) is 5.56 Å². The monoisotopic (exact) mass is 448 g/mol. The minimum absolute atomic E-state index is 0.0150. The number of hydrogen-bond donors (Lipinski definition) is 7. The van der Waals surface area contributed by atoms with Crippen molar-refractivity contribution in [2.45, 2.75) is 30.7 Å². The molecule has 4 rings (SSSR count). The van der Waals surface area contributed by atoms with E-state index in [4.69, 9.17) is 13.9 Å². The molecule has 0 radical (unpaired) electrons. The molecule has 170 valence electrons. The maximum absolute atomic E-state index is 12.7. The van der Waals surface area contributed by atoms with Crippen LogP contribution in [0.1, 0.15) is 0 Å². The third kappa shape index (κ3) is 3.72. The molecule has 1 aromatic heterocycles. The van der Waals surface area contributed by atoms with E-state index >= 15 is 0 Å². The van der Waals surface area contributed by atoms with E-state index in [2.05, 4.69) is 0 Å². The maximum atomic E-state index is 12.7. The number of fused-ring (bicyclic) bond motifs is 1. The summed E-state index contributed by atoms with van der Waals surface area (Å²) in [6.45, 7) is -0.701. The van der Waals surface area contributed by atoms with Gasteiger partial charge in [0.2, 0.25) is 12.0 Å². The third-order valence-corrected chi connectivity index (χ3v) is 5.15. The van der Waals surface area contributed by atoms with Gasteiger partial charge in [-0.15, -0.1) is 0 Å². The fourth-order valence-electron chi connectivity index (χ4n) is 3.44. The van der Waals surface area contributed by atoms with Gasteiger partial charge in [0.15, 0.2) is 16.8 Å². The zero-order valence-electron chi connectivity index (χ0n) is 16.3. The molecule has 0 aliphatic carbocycles. The number of benzene rings is 2. The lowest BCUT2D eigenvalue weighted by Gasteiger charge is -2.39. The third-order valence-electron chi connectivity index (χ3n) is 5.15. The van der Waals surface area contributed by atoms with Crippen LogP contribution in [0.2, 0.25) is 0 Å². The first-order chi connectivity index (χ1) is 15.2. The number of ether oxygens (including phenoxy) is 2. The van der Waals surface area contributed by atoms with Crippen LogP contribution >= 0.6 is 0 Å². The summed E-state index contributed by atoms with van der Waals surface area (Å²) in [6, 6.07) is 7.61. The van der Waals surface area contributed by atoms with Crippen LogP contribution in [0.25, 0.3) is 22.3 Å². The van der Waals surface area contributed by atoms with Crippen molar-refractivity contribution in [1.29, 1.82) is 0 Å². The van der Waals surface area contributed by atoms with Gasteiger partial charge in [-0.3, -0.25) is 4.79 Å². The standard InChI is InChI=1S/C21H20O11/c22-7-14-16(27)17(28)18(29)21(31-14)32-19-12(26)5-10(24)15-11(25)6-13(30-20(15)19)8-1-3-9(23)4-2-8/h1-6,14,16-18,21-24,26-29H,7H2/t14-,16-,17+,18-,21+/m1/s1. The molecule has 0 unspecified atom stereocenters. The largest absolute Gasteiger partial charge is 0.508 e. The Morgan fingerprint density at radius 2 is 1.59 bits per heavy atom. The first-order valence-corrected chi connectivity index (χ1v) is 9.50. The molecule has 5 atom stereocenters. The fraction of sp³-hybridized carbons (Fsp3) is 0.286. The molecular weight excluding hydrogens is 428 g/mol. The SMILES string of the molecule is O=c1cc(-c2ccc(O)cc2)oc2c(O[C@@H]3O[C@H](CO)[C@@H](O)[C@H](O)[C@H]3O)c(O)cc(O)c12. The van der Waals surface area contributed by atoms with Crippen molar-refractivity contribution in [2.24, 2.45) is 0 Å². The van der Waals surface area contributed by atoms with Gasteiger partial charge in [0.05, 0.1) is 6.61 Å². The molecular formula is C21H20O11. The summed E-state index contributed by atoms with van der Waals surface area (Å²) in [4.78, 5) is 12.7. The van der Waals surface area contributed by atoms with Gasteiger partial charge in [-0.1, -0.05) is 0 Å². The second kappa shape index (κ2) is 8.30. The Kier molecular flexibility index (Phi) is 5.67. The van der Waals surface area contributed by atoms with E-state index in [1.807, 2.05) is 0 Å². The van der Waals surface area contributed by atoms with Crippen LogP contribution < -0.4 is 10.2 Å². The average molecular weight is 448 g/mol. The normalized spacial score (nSPS) is 25.7. The lowest BCUT2D eigenvalue weighted by molar-refractivity contribution is -0.277. The molecule has 0 amide bonds. The Balaban J connectivity index is 1.83. The molecule has 1 fully saturated rings. The number of phenols is 3. The molecule has 0 spiro atoms. The molecule has 32 heavy (non-hydrogen) atoms. The number of aromatic hydroxyl groups is 3. The van der Waals surface area contributed by atoms with E-state index in [0.717, 1.165) is 12.1 Å². The quantitative estimate of drug-likeness (QED) is 0.279. The van der Waals surface area contributed by atoms with Crippen LogP contribution in [0.4, 0.5) is 0 Å². The van der Waals surface area contributed by atoms with Gasteiger partial charge < -0.3 is 49.6 Å². The Hall–Kier alpha value is -3.35. The molecule has 1 aliphatic heterocycles. The summed E-state index contributed by atoms with van der Waals surface area (Å²) in [5.41, 5.74) is -0.663. The van der Waals surface area contributed by atoms with Crippen molar-refractivity contribution in [3.8, 4) is 34.3 Å². The van der Waals surface area contributed by atoms with Gasteiger partial charge >= 0.3 is 0 Å². The van der Waals surface area contributed by atoms with Gasteiger partial charge in [0, 0.05) is 17.7 Å². The van der Waals surface area contributed by atoms with Gasteiger partial charge in [-0.2, -0.15) is 0 Å². The van der Waals surface area contributed by atoms with Gasteiger partial charge in [-0.25, -0.2) is 0 Å². The summed E-state index contributed by atoms with van der Waals surface area (Å²) in [5, 5.41) is 69.1. The first-order valence-electron chi connectivity index (χ1n) is 9.50. The molecule has 1 saturated heterocycles. The topological polar surface area (TPSA) is 190 Å². The van der Waals surface area contributed by atoms with Gasteiger partial charge in [0.1, 0.15) is 47.1 Å². The lowest BCUT2D eigenvalue weighted by atomic mass is 9.99. The summed E-state index contributed by atoms with van der Waals surface area (Å²) >= 11 is 0. The Labute approximate surface area is 179 Å². The van der Waals surface area contributed by atoms with Crippen molar-refractivity contribution < 1.29 is 49.6 Å². The van der Waals surface area contributed by atoms with Crippen LogP contribution in [0.3, 0.4) is 0 Å². The van der Waals surface area contributed by atoms with Crippen LogP contribution in [0.5, 0.6) is 23.0 Å². The zero-order valence-corrected chi connectivity index (χ0v) is 16.3. The molecule has 7 N–H and O–H groups in total. The van der Waals surface area contributed by atoms with Crippen molar-refractivity contribution >= 4 is 11.0 Å². The predicted octanol–water partition coefficient (Wildman–Crippen LogP) is -0.245. The molecule has 11 nitrogen and oxygen atoms in total. The van der Waals surface area contributed by atoms with Crippen LogP contribution in [0, 0.1) is 0 Å². The summed E-state index contributed by atoms with van der Waals surface area (Å²) in [5.74, 6) is -1.74. The van der Waals surface area contributed by atoms with E-state index < -0.39 is 60.0 Å². The minimum atomic E-state index is -1.79. The highest BCUT2D eigenvalue weighted by molar-refractivity contribution is 5.91. The Bertz CT molecular complexity index is 1190. The number of rotatable bonds is 4. The zero-order chi connectivity index (χ0) is 23.2. The molecule has 0 saturated carbocycles. The smallest absolute Gasteiger partial charge is 0.229 e. The van der Waals surface area contributed by atoms with Crippen LogP contribution in [-0.2, 0) is 4.74 Å². The lowest BCUT2D eigenvalue weighted by Crippen LogP contribution is -2.60. The van der Waals surface area contributed by atoms with Crippen LogP contribution in [-0.4, -0.2) is 73.1 Å². The number of hydrogen-bond acceptors (Lipinski definition) is 11. The average Bonchev–Trinajstić information content (AvgIpc) is 2.76. The molecule has 1 aliphatic rings. The van der Waals surface area contributed by atoms with Crippen LogP contribution in [0.15, 0.2) is 45.6 Å². The van der Waals surface area contributed by atoms with Crippen molar-refractivity contribution in [3.63, 3.8) is 0 Å². The first kappa shape index (κ1) is 21.9. The highest BCUT2D eigenvalue weighted by Crippen LogP contribution is 2.42. The highest BCUT2D eigenvalue weighted by Gasteiger charge is 2.45. The number of phenolic OH excluding ortho intramolecular Hbond substituents is 3. The highest BCUT2D eigenvalue weighted by atomic mass is 16.7. The molecule has 2 aromatic carbocycles.